The van der Waals surface area contributed by atoms with Gasteiger partial charge in [0.2, 0.25) is 5.91 Å². The molecule has 1 aromatic carbocycles. The number of hydrogen-bond donors (Lipinski definition) is 1. The molecule has 1 N–H and O–H groups in total. The highest BCUT2D eigenvalue weighted by molar-refractivity contribution is 5.93. The molecule has 0 unspecified atom stereocenters. The van der Waals surface area contributed by atoms with Crippen LogP contribution in [-0.4, -0.2) is 10.8 Å². The van der Waals surface area contributed by atoms with Crippen molar-refractivity contribution in [2.45, 2.75) is 47.0 Å². The molecule has 0 aliphatic heterocycles. The minimum absolute atomic E-state index is 0.00107. The van der Waals surface area contributed by atoms with E-state index in [0.717, 1.165) is 18.4 Å². The third kappa shape index (κ3) is 4.09. The molecule has 1 amide bonds. The van der Waals surface area contributed by atoms with Gasteiger partial charge < -0.3 is 5.32 Å². The Morgan fingerprint density at radius 3 is 2.65 bits per heavy atom. The molecule has 1 aliphatic rings. The normalized spacial score (nSPS) is 24.5. The Morgan fingerprint density at radius 1 is 1.35 bits per heavy atom. The highest BCUT2D eigenvalue weighted by Crippen LogP contribution is 2.38. The fraction of sp³-hybridized carbons (Fsp3) is 0.611. The van der Waals surface area contributed by atoms with Gasteiger partial charge >= 0.3 is 0 Å². The van der Waals surface area contributed by atoms with Gasteiger partial charge in [0, 0.05) is 18.1 Å². The van der Waals surface area contributed by atoms with Gasteiger partial charge in [-0.1, -0.05) is 33.3 Å². The molecule has 0 radical (unpaired) electrons. The van der Waals surface area contributed by atoms with Crippen LogP contribution < -0.4 is 5.32 Å². The van der Waals surface area contributed by atoms with Crippen molar-refractivity contribution in [2.75, 3.05) is 5.32 Å². The van der Waals surface area contributed by atoms with E-state index < -0.39 is 4.92 Å². The number of rotatable bonds is 4. The van der Waals surface area contributed by atoms with E-state index in [2.05, 4.69) is 26.1 Å². The summed E-state index contributed by atoms with van der Waals surface area (Å²) in [7, 11) is 0. The zero-order valence-electron chi connectivity index (χ0n) is 14.3. The van der Waals surface area contributed by atoms with Gasteiger partial charge in [0.05, 0.1) is 10.6 Å². The van der Waals surface area contributed by atoms with Crippen LogP contribution in [0.25, 0.3) is 0 Å². The lowest BCUT2D eigenvalue weighted by molar-refractivity contribution is -0.384. The smallest absolute Gasteiger partial charge is 0.271 e. The second-order valence-electron chi connectivity index (χ2n) is 7.18. The largest absolute Gasteiger partial charge is 0.325 e. The van der Waals surface area contributed by atoms with Gasteiger partial charge in [0.15, 0.2) is 0 Å². The summed E-state index contributed by atoms with van der Waals surface area (Å²) in [6.45, 7) is 8.37. The SMILES string of the molecule is Cc1ccc([N+](=O)[O-])cc1NC(=O)[C@@H]1C[C@H](C)CC[C@H]1C(C)C. The summed E-state index contributed by atoms with van der Waals surface area (Å²) in [5, 5.41) is 13.9. The number of hydrogen-bond acceptors (Lipinski definition) is 3. The first-order valence-corrected chi connectivity index (χ1v) is 8.35. The van der Waals surface area contributed by atoms with Gasteiger partial charge in [-0.2, -0.15) is 0 Å². The zero-order chi connectivity index (χ0) is 17.1. The highest BCUT2D eigenvalue weighted by Gasteiger charge is 2.35. The number of benzene rings is 1. The Balaban J connectivity index is 2.19. The lowest BCUT2D eigenvalue weighted by atomic mass is 9.70. The van der Waals surface area contributed by atoms with Crippen molar-refractivity contribution in [3.63, 3.8) is 0 Å². The average Bonchev–Trinajstić information content (AvgIpc) is 2.48. The van der Waals surface area contributed by atoms with E-state index in [-0.39, 0.29) is 17.5 Å². The number of nitrogens with one attached hydrogen (secondary N) is 1. The van der Waals surface area contributed by atoms with Gasteiger partial charge in [-0.05, 0) is 43.1 Å². The standard InChI is InChI=1S/C18H26N2O3/c1-11(2)15-8-5-12(3)9-16(15)18(21)19-17-10-14(20(22)23)7-6-13(17)4/h6-7,10-12,15-16H,5,8-9H2,1-4H3,(H,19,21)/t12-,15+,16-/m1/s1. The van der Waals surface area contributed by atoms with Crippen LogP contribution in [0.1, 0.15) is 45.6 Å². The number of aryl methyl sites for hydroxylation is 1. The number of amides is 1. The first-order valence-electron chi connectivity index (χ1n) is 8.35. The zero-order valence-corrected chi connectivity index (χ0v) is 14.3. The lowest BCUT2D eigenvalue weighted by Crippen LogP contribution is -2.36. The molecule has 0 heterocycles. The Hall–Kier alpha value is -1.91. The van der Waals surface area contributed by atoms with E-state index in [1.54, 1.807) is 6.07 Å². The monoisotopic (exact) mass is 318 g/mol. The topological polar surface area (TPSA) is 72.2 Å². The van der Waals surface area contributed by atoms with Crippen molar-refractivity contribution >= 4 is 17.3 Å². The summed E-state index contributed by atoms with van der Waals surface area (Å²) in [6.07, 6.45) is 3.13. The summed E-state index contributed by atoms with van der Waals surface area (Å²) in [5.41, 5.74) is 1.39. The molecule has 1 fully saturated rings. The van der Waals surface area contributed by atoms with Crippen LogP contribution in [0.5, 0.6) is 0 Å². The fourth-order valence-electron chi connectivity index (χ4n) is 3.59. The molecule has 5 heteroatoms. The number of nitro groups is 1. The summed E-state index contributed by atoms with van der Waals surface area (Å²) < 4.78 is 0. The van der Waals surface area contributed by atoms with Gasteiger partial charge in [-0.25, -0.2) is 0 Å². The molecule has 2 rings (SSSR count). The number of anilines is 1. The number of nitrogens with zero attached hydrogens (tertiary/aromatic N) is 1. The molecule has 0 aromatic heterocycles. The van der Waals surface area contributed by atoms with Crippen molar-refractivity contribution in [2.24, 2.45) is 23.7 Å². The number of non-ortho nitro benzene ring substituents is 1. The van der Waals surface area contributed by atoms with Crippen LogP contribution in [0.15, 0.2) is 18.2 Å². The molecule has 0 saturated heterocycles. The number of nitro benzene ring substituents is 1. The van der Waals surface area contributed by atoms with E-state index >= 15 is 0 Å². The molecule has 1 aliphatic carbocycles. The summed E-state index contributed by atoms with van der Waals surface area (Å²) in [5.74, 6) is 1.37. The lowest BCUT2D eigenvalue weighted by Gasteiger charge is -2.36. The van der Waals surface area contributed by atoms with E-state index in [4.69, 9.17) is 0 Å². The molecule has 3 atom stereocenters. The van der Waals surface area contributed by atoms with Crippen LogP contribution >= 0.6 is 0 Å². The Morgan fingerprint density at radius 2 is 2.04 bits per heavy atom. The third-order valence-corrected chi connectivity index (χ3v) is 5.05. The van der Waals surface area contributed by atoms with Crippen LogP contribution in [-0.2, 0) is 4.79 Å². The minimum atomic E-state index is -0.436. The Bertz CT molecular complexity index is 598. The molecule has 0 bridgehead atoms. The van der Waals surface area contributed by atoms with Crippen LogP contribution in [0.4, 0.5) is 11.4 Å². The van der Waals surface area contributed by atoms with Crippen LogP contribution in [0.2, 0.25) is 0 Å². The van der Waals surface area contributed by atoms with E-state index in [1.807, 2.05) is 6.92 Å². The minimum Gasteiger partial charge on any atom is -0.325 e. The number of carbonyl (C=O) groups excluding carboxylic acids is 1. The quantitative estimate of drug-likeness (QED) is 0.654. The molecular formula is C18H26N2O3. The van der Waals surface area contributed by atoms with E-state index in [1.165, 1.54) is 18.6 Å². The Labute approximate surface area is 137 Å². The predicted molar refractivity (Wildman–Crippen MR) is 91.3 cm³/mol. The summed E-state index contributed by atoms with van der Waals surface area (Å²) in [6, 6.07) is 4.59. The molecule has 5 nitrogen and oxygen atoms in total. The van der Waals surface area contributed by atoms with Crippen molar-refractivity contribution in [1.82, 2.24) is 0 Å². The highest BCUT2D eigenvalue weighted by atomic mass is 16.6. The maximum atomic E-state index is 12.8. The molecule has 126 valence electrons. The molecule has 1 aromatic rings. The predicted octanol–water partition coefficient (Wildman–Crippen LogP) is 4.55. The molecule has 0 spiro atoms. The van der Waals surface area contributed by atoms with Crippen LogP contribution in [0.3, 0.4) is 0 Å². The fourth-order valence-corrected chi connectivity index (χ4v) is 3.59. The van der Waals surface area contributed by atoms with Crippen molar-refractivity contribution in [3.8, 4) is 0 Å². The number of carbonyl (C=O) groups is 1. The second kappa shape index (κ2) is 7.11. The van der Waals surface area contributed by atoms with Gasteiger partial charge in [0.1, 0.15) is 0 Å². The summed E-state index contributed by atoms with van der Waals surface area (Å²) in [4.78, 5) is 23.3. The first kappa shape index (κ1) is 17.4. The van der Waals surface area contributed by atoms with Crippen molar-refractivity contribution < 1.29 is 9.72 Å². The average molecular weight is 318 g/mol. The van der Waals surface area contributed by atoms with Crippen molar-refractivity contribution in [1.29, 1.82) is 0 Å². The Kier molecular flexibility index (Phi) is 5.39. The third-order valence-electron chi connectivity index (χ3n) is 5.05. The first-order chi connectivity index (χ1) is 10.8. The molecule has 23 heavy (non-hydrogen) atoms. The van der Waals surface area contributed by atoms with E-state index in [9.17, 15) is 14.9 Å². The van der Waals surface area contributed by atoms with Gasteiger partial charge in [0.25, 0.3) is 5.69 Å². The van der Waals surface area contributed by atoms with Gasteiger partial charge in [-0.15, -0.1) is 0 Å². The maximum absolute atomic E-state index is 12.8. The van der Waals surface area contributed by atoms with Gasteiger partial charge in [-0.3, -0.25) is 14.9 Å². The van der Waals surface area contributed by atoms with E-state index in [0.29, 0.717) is 23.4 Å². The molecular weight excluding hydrogens is 292 g/mol. The van der Waals surface area contributed by atoms with Crippen LogP contribution in [0, 0.1) is 40.7 Å². The molecule has 1 saturated carbocycles. The summed E-state index contributed by atoms with van der Waals surface area (Å²) >= 11 is 0. The second-order valence-corrected chi connectivity index (χ2v) is 7.18. The van der Waals surface area contributed by atoms with Crippen molar-refractivity contribution in [3.05, 3.63) is 33.9 Å². The maximum Gasteiger partial charge on any atom is 0.271 e.